The number of nitrogens with two attached hydrogens (primary N) is 3. The summed E-state index contributed by atoms with van der Waals surface area (Å²) >= 11 is 1.01. The molecule has 15 atom stereocenters. The summed E-state index contributed by atoms with van der Waals surface area (Å²) in [7, 11) is -13.3. The van der Waals surface area contributed by atoms with E-state index in [4.69, 9.17) is 54.7 Å². The second-order valence-electron chi connectivity index (χ2n) is 16.9. The number of ether oxygens (including phenoxy) is 6. The molecule has 0 amide bonds. The number of H-pyrrole nitrogens is 2. The molecule has 6 aromatic heterocycles. The number of aryl methyl sites for hydroxylation is 1. The lowest BCUT2D eigenvalue weighted by Crippen LogP contribution is -2.45. The van der Waals surface area contributed by atoms with E-state index in [9.17, 15) is 53.3 Å². The normalized spacial score (nSPS) is 29.6. The van der Waals surface area contributed by atoms with Gasteiger partial charge >= 0.3 is 29.1 Å². The first kappa shape index (κ1) is 54.8. The molecule has 40 heteroatoms. The van der Waals surface area contributed by atoms with Crippen LogP contribution in [0.25, 0.3) is 33.5 Å². The summed E-state index contributed by atoms with van der Waals surface area (Å²) in [5, 5.41) is 32.2. The fourth-order valence-electron chi connectivity index (χ4n) is 8.79. The molecule has 4 unspecified atom stereocenters. The van der Waals surface area contributed by atoms with E-state index in [1.807, 2.05) is 0 Å². The number of phosphoric acid groups is 3. The summed E-state index contributed by atoms with van der Waals surface area (Å²) in [6.45, 7) is -2.34. The number of anilines is 3. The molecule has 0 saturated carbocycles. The third-order valence-corrected chi connectivity index (χ3v) is 17.6. The van der Waals surface area contributed by atoms with Crippen molar-refractivity contribution in [2.75, 3.05) is 63.8 Å². The van der Waals surface area contributed by atoms with Crippen LogP contribution < -0.4 is 32.9 Å². The molecule has 3 fully saturated rings. The average Bonchev–Trinajstić information content (AvgIpc) is 4.19. The van der Waals surface area contributed by atoms with Gasteiger partial charge in [-0.25, -0.2) is 38.2 Å². The van der Waals surface area contributed by atoms with Crippen molar-refractivity contribution in [2.45, 2.75) is 66.7 Å². The molecular weight excluding hydrogens is 1090 g/mol. The highest BCUT2D eigenvalue weighted by Crippen LogP contribution is 2.68. The van der Waals surface area contributed by atoms with E-state index in [-0.39, 0.29) is 70.4 Å². The van der Waals surface area contributed by atoms with E-state index in [0.29, 0.717) is 0 Å². The number of hydrogen-bond acceptors (Lipinski definition) is 28. The number of rotatable bonds is 21. The monoisotopic (exact) mass is 1140 g/mol. The van der Waals surface area contributed by atoms with Crippen molar-refractivity contribution in [3.05, 3.63) is 46.0 Å². The molecule has 3 saturated heterocycles. The maximum absolute atomic E-state index is 13.3. The van der Waals surface area contributed by atoms with Crippen molar-refractivity contribution >= 4 is 86.4 Å². The van der Waals surface area contributed by atoms with Crippen LogP contribution in [0.4, 0.5) is 17.7 Å². The van der Waals surface area contributed by atoms with Crippen LogP contribution in [-0.4, -0.2) is 178 Å². The Labute approximate surface area is 422 Å². The first-order valence-electron chi connectivity index (χ1n) is 21.8. The van der Waals surface area contributed by atoms with Gasteiger partial charge in [-0.15, -0.1) is 11.8 Å². The summed E-state index contributed by atoms with van der Waals surface area (Å²) in [4.78, 5) is 85.9. The Balaban J connectivity index is 0.843. The van der Waals surface area contributed by atoms with Crippen molar-refractivity contribution < 1.29 is 94.4 Å². The van der Waals surface area contributed by atoms with Crippen molar-refractivity contribution in [1.82, 2.24) is 53.6 Å². The smallest absolute Gasteiger partial charge is 0.387 e. The Hall–Kier alpha value is -4.95. The molecule has 6 aromatic rings. The minimum absolute atomic E-state index is 0.0105. The predicted molar refractivity (Wildman–Crippen MR) is 250 cm³/mol. The SMILES string of the molecule is COC[C@H]1[C@@H](O)[C@H]([n+]2cn(C)c3c(=O)[nH]c(N)nc32)O[C@@H]1COP(=O)(O)OP(=O)(O)OP(=O)(O)OCC1O[C@@H](n2cnc3c(N)ncnc32)[C@H](OC)[C@@H]1SCOC[C@H]1O[C@@H](n2cnc3c(=O)[nH]c(N)nc32)[C@H](O)[C@@H]1O. The van der Waals surface area contributed by atoms with Gasteiger partial charge in [-0.2, -0.15) is 13.6 Å². The van der Waals surface area contributed by atoms with E-state index < -0.39 is 120 Å². The van der Waals surface area contributed by atoms with Gasteiger partial charge in [-0.05, 0) is 0 Å². The minimum atomic E-state index is -6.05. The lowest BCUT2D eigenvalue weighted by atomic mass is 9.99. The fourth-order valence-corrected chi connectivity index (χ4v) is 13.5. The first-order chi connectivity index (χ1) is 35.5. The Kier molecular flexibility index (Phi) is 15.7. The van der Waals surface area contributed by atoms with E-state index in [2.05, 4.69) is 48.5 Å². The van der Waals surface area contributed by atoms with E-state index in [0.717, 1.165) is 11.8 Å². The largest absolute Gasteiger partial charge is 0.490 e. The van der Waals surface area contributed by atoms with Gasteiger partial charge in [0.2, 0.25) is 17.7 Å². The van der Waals surface area contributed by atoms with E-state index in [1.54, 1.807) is 0 Å². The molecule has 410 valence electrons. The van der Waals surface area contributed by atoms with Gasteiger partial charge in [-0.3, -0.25) is 42.3 Å². The number of thioether (sulfide) groups is 1. The van der Waals surface area contributed by atoms with Gasteiger partial charge in [0.25, 0.3) is 17.1 Å². The average molecular weight is 1140 g/mol. The van der Waals surface area contributed by atoms with Gasteiger partial charge < -0.3 is 75.6 Å². The van der Waals surface area contributed by atoms with Crippen LogP contribution in [0.5, 0.6) is 0 Å². The predicted octanol–water partition coefficient (Wildman–Crippen LogP) is -3.24. The number of phosphoric ester groups is 2. The Morgan fingerprint density at radius 3 is 2.08 bits per heavy atom. The number of aromatic nitrogens is 12. The van der Waals surface area contributed by atoms with Gasteiger partial charge in [0.15, 0.2) is 41.4 Å². The fraction of sp³-hybridized carbons (Fsp3) is 0.571. The van der Waals surface area contributed by atoms with Gasteiger partial charge in [0.1, 0.15) is 42.4 Å². The summed E-state index contributed by atoms with van der Waals surface area (Å²) in [6.07, 6.45) is -7.76. The molecule has 0 spiro atoms. The summed E-state index contributed by atoms with van der Waals surface area (Å²) in [5.41, 5.74) is 16.6. The van der Waals surface area contributed by atoms with Crippen LogP contribution in [0, 0.1) is 5.92 Å². The maximum Gasteiger partial charge on any atom is 0.490 e. The topological polar surface area (TPSA) is 505 Å². The van der Waals surface area contributed by atoms with Crippen molar-refractivity contribution in [2.24, 2.45) is 13.0 Å². The first-order valence-corrected chi connectivity index (χ1v) is 27.4. The van der Waals surface area contributed by atoms with Crippen LogP contribution >= 0.6 is 35.2 Å². The van der Waals surface area contributed by atoms with Crippen molar-refractivity contribution in [3.63, 3.8) is 0 Å². The van der Waals surface area contributed by atoms with E-state index >= 15 is 0 Å². The van der Waals surface area contributed by atoms with Crippen molar-refractivity contribution in [1.29, 1.82) is 0 Å². The second-order valence-corrected chi connectivity index (χ2v) is 22.6. The van der Waals surface area contributed by atoms with Crippen LogP contribution in [0.1, 0.15) is 18.7 Å². The van der Waals surface area contributed by atoms with Gasteiger partial charge in [-0.1, -0.05) is 4.98 Å². The van der Waals surface area contributed by atoms with Crippen LogP contribution in [0.15, 0.2) is 34.9 Å². The zero-order valence-electron chi connectivity index (χ0n) is 39.0. The molecule has 36 nitrogen and oxygen atoms in total. The number of nitrogens with zero attached hydrogens (tertiary/aromatic N) is 10. The number of aliphatic hydroxyl groups is 3. The molecular formula is C35H49N15O21P3S+. The lowest BCUT2D eigenvalue weighted by Gasteiger charge is -2.24. The maximum atomic E-state index is 13.3. The molecule has 0 bridgehead atoms. The Morgan fingerprint density at radius 1 is 0.747 bits per heavy atom. The molecule has 3 aliphatic rings. The van der Waals surface area contributed by atoms with Crippen LogP contribution in [-0.2, 0) is 66.8 Å². The molecule has 0 radical (unpaired) electrons. The summed E-state index contributed by atoms with van der Waals surface area (Å²) in [5.74, 6) is -1.65. The highest BCUT2D eigenvalue weighted by Gasteiger charge is 2.52. The van der Waals surface area contributed by atoms with Gasteiger partial charge in [0.05, 0.1) is 69.5 Å². The number of aromatic amines is 2. The zero-order chi connectivity index (χ0) is 53.9. The lowest BCUT2D eigenvalue weighted by molar-refractivity contribution is -0.745. The molecule has 9 rings (SSSR count). The third kappa shape index (κ3) is 11.1. The highest BCUT2D eigenvalue weighted by atomic mass is 32.2. The highest BCUT2D eigenvalue weighted by molar-refractivity contribution is 7.99. The zero-order valence-corrected chi connectivity index (χ0v) is 42.5. The number of methoxy groups -OCH3 is 2. The molecule has 9 heterocycles. The number of nitrogens with one attached hydrogen (secondary N) is 2. The molecule has 0 aliphatic carbocycles. The molecule has 3 aliphatic heterocycles. The van der Waals surface area contributed by atoms with Crippen LogP contribution in [0.2, 0.25) is 0 Å². The third-order valence-electron chi connectivity index (χ3n) is 12.1. The Bertz CT molecular complexity index is 3350. The van der Waals surface area contributed by atoms with E-state index in [1.165, 1.54) is 64.8 Å². The van der Waals surface area contributed by atoms with Crippen molar-refractivity contribution in [3.8, 4) is 0 Å². The minimum Gasteiger partial charge on any atom is -0.387 e. The number of fused-ring (bicyclic) bond motifs is 3. The second kappa shape index (κ2) is 21.5. The number of hydrogen-bond donors (Lipinski definition) is 11. The summed E-state index contributed by atoms with van der Waals surface area (Å²) < 4.78 is 98.5. The number of imidazole rings is 3. The molecule has 75 heavy (non-hydrogen) atoms. The standard InChI is InChI=1S/C35H48N15O21P3S/c1-47-11-50(28-19(47)30(55)46-35(38)44-28)31-20(51)13(4-62-2)14(67-31)6-65-72(56,57)70-74(60,61)71-73(58,59)66-7-16-24(23(63-3)33(69-16)48-9-41-17-25(36)39-8-40-26(17)48)75-12-64-5-15-21(52)22(53)32(68-15)49-10-42-18-27(49)43-34(37)45-29(18)54/h8-11,13-16,20-24,31-33,51-53H,4-7,12H2,1-3H3,(H10-,36,37,38,39,40,43,44,45,46,54,55,56,57,58,59,60,61)/p+1/t13-,14-,15-,16?,20-,21-,22-,23-,24-,31-,32-,33-/m1/s1. The van der Waals surface area contributed by atoms with Crippen LogP contribution in [0.3, 0.4) is 0 Å². The summed E-state index contributed by atoms with van der Waals surface area (Å²) in [6, 6.07) is 0. The Morgan fingerprint density at radius 2 is 1.39 bits per heavy atom. The quantitative estimate of drug-likeness (QED) is 0.0146. The number of nitrogen functional groups attached to an aromatic ring is 3. The van der Waals surface area contributed by atoms with Gasteiger partial charge in [0, 0.05) is 20.1 Å². The molecule has 0 aromatic carbocycles. The number of aliphatic hydroxyl groups excluding tert-OH is 3. The molecule has 14 N–H and O–H groups in total.